The van der Waals surface area contributed by atoms with Crippen LogP contribution in [0.4, 0.5) is 5.82 Å². The van der Waals surface area contributed by atoms with Gasteiger partial charge in [0.15, 0.2) is 5.82 Å². The van der Waals surface area contributed by atoms with Crippen molar-refractivity contribution >= 4 is 17.6 Å². The Balaban J connectivity index is 1.69. The summed E-state index contributed by atoms with van der Waals surface area (Å²) in [5.74, 6) is 2.11. The predicted molar refractivity (Wildman–Crippen MR) is 113 cm³/mol. The van der Waals surface area contributed by atoms with E-state index in [1.807, 2.05) is 49.9 Å². The van der Waals surface area contributed by atoms with Crippen LogP contribution in [0.15, 0.2) is 24.3 Å². The first-order valence-corrected chi connectivity index (χ1v) is 10.5. The third-order valence-electron chi connectivity index (χ3n) is 5.94. The summed E-state index contributed by atoms with van der Waals surface area (Å²) < 4.78 is 5.46. The monoisotopic (exact) mass is 408 g/mol. The minimum atomic E-state index is -0.132. The maximum Gasteiger partial charge on any atom is 0.233 e. The van der Waals surface area contributed by atoms with Crippen LogP contribution in [0.2, 0.25) is 0 Å². The molecule has 7 heteroatoms. The number of para-hydroxylation sites is 1. The fourth-order valence-corrected chi connectivity index (χ4v) is 4.34. The predicted octanol–water partition coefficient (Wildman–Crippen LogP) is 3.20. The van der Waals surface area contributed by atoms with E-state index in [1.165, 1.54) is 0 Å². The van der Waals surface area contributed by atoms with Gasteiger partial charge in [0.05, 0.1) is 26.1 Å². The number of fused-ring (bicyclic) bond motifs is 1. The van der Waals surface area contributed by atoms with E-state index in [0.717, 1.165) is 42.0 Å². The number of anilines is 1. The lowest BCUT2D eigenvalue weighted by molar-refractivity contribution is -0.135. The summed E-state index contributed by atoms with van der Waals surface area (Å²) in [6, 6.07) is 7.56. The highest BCUT2D eigenvalue weighted by Gasteiger charge is 2.37. The Morgan fingerprint density at radius 1 is 1.27 bits per heavy atom. The molecular weight excluding hydrogens is 380 g/mol. The van der Waals surface area contributed by atoms with Crippen molar-refractivity contribution in [1.82, 2.24) is 14.9 Å². The molecule has 1 saturated heterocycles. The molecule has 2 aliphatic heterocycles. The Bertz CT molecular complexity index is 988. The topological polar surface area (TPSA) is 75.6 Å². The van der Waals surface area contributed by atoms with Gasteiger partial charge in [-0.1, -0.05) is 32.0 Å². The minimum absolute atomic E-state index is 0.00647. The first-order chi connectivity index (χ1) is 14.4. The zero-order chi connectivity index (χ0) is 21.4. The van der Waals surface area contributed by atoms with E-state index >= 15 is 0 Å². The van der Waals surface area contributed by atoms with E-state index in [9.17, 15) is 9.59 Å². The molecule has 0 bridgehead atoms. The lowest BCUT2D eigenvalue weighted by Gasteiger charge is -2.26. The number of hydrogen-bond acceptors (Lipinski definition) is 5. The molecule has 1 aromatic carbocycles. The van der Waals surface area contributed by atoms with Crippen molar-refractivity contribution in [3.63, 3.8) is 0 Å². The molecule has 0 aliphatic carbocycles. The summed E-state index contributed by atoms with van der Waals surface area (Å²) in [7, 11) is 1.63. The number of aryl methyl sites for hydroxylation is 1. The molecule has 1 unspecified atom stereocenters. The standard InChI is InChI=1S/C23H28N4O3/c1-14(2)23(29)26-11-7-9-18(26)21-24-15(3)17-12-20(28)27(22(17)25-21)13-16-8-5-6-10-19(16)30-4/h5-6,8,10,14,18H,7,9,11-13H2,1-4H3. The molecule has 2 aromatic rings. The molecule has 1 fully saturated rings. The first-order valence-electron chi connectivity index (χ1n) is 10.5. The average molecular weight is 409 g/mol. The lowest BCUT2D eigenvalue weighted by Crippen LogP contribution is -2.35. The van der Waals surface area contributed by atoms with Crippen LogP contribution in [0.5, 0.6) is 5.75 Å². The number of nitrogens with zero attached hydrogens (tertiary/aromatic N) is 4. The molecule has 4 rings (SSSR count). The Labute approximate surface area is 177 Å². The van der Waals surface area contributed by atoms with Gasteiger partial charge >= 0.3 is 0 Å². The number of benzene rings is 1. The number of methoxy groups -OCH3 is 1. The van der Waals surface area contributed by atoms with Crippen LogP contribution in [-0.4, -0.2) is 40.3 Å². The number of carbonyl (C=O) groups is 2. The van der Waals surface area contributed by atoms with Gasteiger partial charge in [0, 0.05) is 29.3 Å². The zero-order valence-corrected chi connectivity index (χ0v) is 18.0. The van der Waals surface area contributed by atoms with Gasteiger partial charge in [0.2, 0.25) is 11.8 Å². The molecule has 0 radical (unpaired) electrons. The molecule has 30 heavy (non-hydrogen) atoms. The van der Waals surface area contributed by atoms with Crippen LogP contribution in [0, 0.1) is 12.8 Å². The highest BCUT2D eigenvalue weighted by atomic mass is 16.5. The maximum absolute atomic E-state index is 12.8. The number of likely N-dealkylation sites (tertiary alicyclic amines) is 1. The summed E-state index contributed by atoms with van der Waals surface area (Å²) in [5.41, 5.74) is 2.62. The number of hydrogen-bond donors (Lipinski definition) is 0. The van der Waals surface area contributed by atoms with Crippen LogP contribution < -0.4 is 9.64 Å². The number of amides is 2. The van der Waals surface area contributed by atoms with E-state index in [2.05, 4.69) is 0 Å². The number of rotatable bonds is 5. The normalized spacial score (nSPS) is 18.3. The Morgan fingerprint density at radius 3 is 2.77 bits per heavy atom. The van der Waals surface area contributed by atoms with Gasteiger partial charge in [0.25, 0.3) is 0 Å². The number of ether oxygens (including phenoxy) is 1. The fraction of sp³-hybridized carbons (Fsp3) is 0.478. The highest BCUT2D eigenvalue weighted by molar-refractivity contribution is 6.00. The van der Waals surface area contributed by atoms with Gasteiger partial charge in [-0.3, -0.25) is 14.5 Å². The molecule has 7 nitrogen and oxygen atoms in total. The van der Waals surface area contributed by atoms with Crippen molar-refractivity contribution < 1.29 is 14.3 Å². The van der Waals surface area contributed by atoms with Gasteiger partial charge in [-0.2, -0.15) is 0 Å². The summed E-state index contributed by atoms with van der Waals surface area (Å²) >= 11 is 0. The van der Waals surface area contributed by atoms with E-state index in [4.69, 9.17) is 14.7 Å². The maximum atomic E-state index is 12.8. The van der Waals surface area contributed by atoms with Gasteiger partial charge in [0.1, 0.15) is 11.6 Å². The van der Waals surface area contributed by atoms with E-state index in [1.54, 1.807) is 12.0 Å². The fourth-order valence-electron chi connectivity index (χ4n) is 4.34. The van der Waals surface area contributed by atoms with Crippen molar-refractivity contribution in [3.8, 4) is 5.75 Å². The largest absolute Gasteiger partial charge is 0.496 e. The SMILES string of the molecule is COc1ccccc1CN1C(=O)Cc2c(C)nc(C3CCCN3C(=O)C(C)C)nc21. The smallest absolute Gasteiger partial charge is 0.233 e. The second-order valence-corrected chi connectivity index (χ2v) is 8.28. The summed E-state index contributed by atoms with van der Waals surface area (Å²) in [6.45, 7) is 6.88. The van der Waals surface area contributed by atoms with Gasteiger partial charge in [-0.25, -0.2) is 9.97 Å². The second-order valence-electron chi connectivity index (χ2n) is 8.28. The van der Waals surface area contributed by atoms with Crippen molar-refractivity contribution in [2.75, 3.05) is 18.6 Å². The molecular formula is C23H28N4O3. The molecule has 0 N–H and O–H groups in total. The first kappa shape index (κ1) is 20.3. The van der Waals surface area contributed by atoms with E-state index < -0.39 is 0 Å². The van der Waals surface area contributed by atoms with Crippen molar-refractivity contribution in [2.24, 2.45) is 5.92 Å². The zero-order valence-electron chi connectivity index (χ0n) is 18.0. The second kappa shape index (κ2) is 8.05. The Kier molecular flexibility index (Phi) is 5.45. The van der Waals surface area contributed by atoms with Crippen LogP contribution in [0.1, 0.15) is 55.4 Å². The molecule has 3 heterocycles. The van der Waals surface area contributed by atoms with Crippen LogP contribution >= 0.6 is 0 Å². The molecule has 0 saturated carbocycles. The Morgan fingerprint density at radius 2 is 2.03 bits per heavy atom. The lowest BCUT2D eigenvalue weighted by atomic mass is 10.1. The molecule has 2 aliphatic rings. The molecule has 1 atom stereocenters. The number of aromatic nitrogens is 2. The van der Waals surface area contributed by atoms with Gasteiger partial charge in [-0.15, -0.1) is 0 Å². The average Bonchev–Trinajstić information content (AvgIpc) is 3.33. The van der Waals surface area contributed by atoms with Crippen molar-refractivity contribution in [3.05, 3.63) is 46.9 Å². The van der Waals surface area contributed by atoms with Gasteiger partial charge < -0.3 is 9.64 Å². The Hall–Kier alpha value is -2.96. The summed E-state index contributed by atoms with van der Waals surface area (Å²) in [6.07, 6.45) is 2.08. The van der Waals surface area contributed by atoms with E-state index in [-0.39, 0.29) is 23.8 Å². The number of carbonyl (C=O) groups excluding carboxylic acids is 2. The van der Waals surface area contributed by atoms with Crippen LogP contribution in [-0.2, 0) is 22.6 Å². The van der Waals surface area contributed by atoms with Crippen LogP contribution in [0.25, 0.3) is 0 Å². The van der Waals surface area contributed by atoms with Crippen molar-refractivity contribution in [1.29, 1.82) is 0 Å². The van der Waals surface area contributed by atoms with Gasteiger partial charge in [-0.05, 0) is 25.8 Å². The van der Waals surface area contributed by atoms with Crippen LogP contribution in [0.3, 0.4) is 0 Å². The highest BCUT2D eigenvalue weighted by Crippen LogP contribution is 2.36. The van der Waals surface area contributed by atoms with Crippen molar-refractivity contribution in [2.45, 2.75) is 52.6 Å². The third-order valence-corrected chi connectivity index (χ3v) is 5.94. The minimum Gasteiger partial charge on any atom is -0.496 e. The summed E-state index contributed by atoms with van der Waals surface area (Å²) in [5, 5.41) is 0. The quantitative estimate of drug-likeness (QED) is 0.759. The summed E-state index contributed by atoms with van der Waals surface area (Å²) in [4.78, 5) is 38.7. The molecule has 1 aromatic heterocycles. The molecule has 158 valence electrons. The van der Waals surface area contributed by atoms with E-state index in [0.29, 0.717) is 24.6 Å². The molecule has 2 amide bonds. The molecule has 0 spiro atoms. The third kappa shape index (κ3) is 3.53.